The zero-order valence-corrected chi connectivity index (χ0v) is 24.2. The van der Waals surface area contributed by atoms with Crippen LogP contribution in [0.4, 0.5) is 0 Å². The maximum atomic E-state index is 4.01. The first-order chi connectivity index (χ1) is 15.5. The summed E-state index contributed by atoms with van der Waals surface area (Å²) in [6.07, 6.45) is 23.7. The fourth-order valence-corrected chi connectivity index (χ4v) is 3.88. The van der Waals surface area contributed by atoms with E-state index < -0.39 is 0 Å². The summed E-state index contributed by atoms with van der Waals surface area (Å²) in [6.45, 7) is 25.6. The number of allylic oxidation sites excluding steroid dienone is 7. The van der Waals surface area contributed by atoms with Gasteiger partial charge in [-0.3, -0.25) is 0 Å². The van der Waals surface area contributed by atoms with E-state index in [1.54, 1.807) is 16.7 Å². The molecule has 0 amide bonds. The van der Waals surface area contributed by atoms with Gasteiger partial charge in [0.2, 0.25) is 0 Å². The highest BCUT2D eigenvalue weighted by atomic mass is 14.2. The van der Waals surface area contributed by atoms with Crippen molar-refractivity contribution in [2.24, 2.45) is 5.92 Å². The lowest BCUT2D eigenvalue weighted by Crippen LogP contribution is -1.91. The van der Waals surface area contributed by atoms with Crippen LogP contribution in [-0.4, -0.2) is 0 Å². The van der Waals surface area contributed by atoms with E-state index in [1.165, 1.54) is 82.6 Å². The average molecular weight is 447 g/mol. The molecule has 0 spiro atoms. The quantitative estimate of drug-likeness (QED) is 0.184. The Balaban J connectivity index is -0.000000587. The van der Waals surface area contributed by atoms with Crippen LogP contribution in [0.5, 0.6) is 0 Å². The molecule has 0 saturated heterocycles. The van der Waals surface area contributed by atoms with Crippen LogP contribution in [0.3, 0.4) is 0 Å². The minimum atomic E-state index is 0.963. The minimum absolute atomic E-state index is 0.963. The second-order valence-corrected chi connectivity index (χ2v) is 8.55. The van der Waals surface area contributed by atoms with E-state index in [0.717, 1.165) is 12.3 Å². The number of hydrogen-bond acceptors (Lipinski definition) is 0. The van der Waals surface area contributed by atoms with E-state index in [1.807, 2.05) is 27.7 Å². The van der Waals surface area contributed by atoms with Crippen LogP contribution in [0.2, 0.25) is 0 Å². The molecule has 1 rings (SSSR count). The van der Waals surface area contributed by atoms with Gasteiger partial charge in [0.15, 0.2) is 0 Å². The molecule has 0 saturated carbocycles. The lowest BCUT2D eigenvalue weighted by molar-refractivity contribution is 0.480. The Kier molecular flexibility index (Phi) is 31.1. The average Bonchev–Trinajstić information content (AvgIpc) is 3.22. The molecule has 0 heterocycles. The molecule has 0 aromatic heterocycles. The molecular weight excluding hydrogens is 384 g/mol. The summed E-state index contributed by atoms with van der Waals surface area (Å²) < 4.78 is 0. The van der Waals surface area contributed by atoms with E-state index in [4.69, 9.17) is 0 Å². The third-order valence-electron chi connectivity index (χ3n) is 5.73. The summed E-state index contributed by atoms with van der Waals surface area (Å²) in [6, 6.07) is 0. The van der Waals surface area contributed by atoms with Gasteiger partial charge in [-0.2, -0.15) is 0 Å². The van der Waals surface area contributed by atoms with Gasteiger partial charge in [0.1, 0.15) is 0 Å². The lowest BCUT2D eigenvalue weighted by Gasteiger charge is -2.06. The third-order valence-corrected chi connectivity index (χ3v) is 5.73. The molecule has 0 fully saturated rings. The Morgan fingerprint density at radius 2 is 1.50 bits per heavy atom. The van der Waals surface area contributed by atoms with Crippen LogP contribution >= 0.6 is 0 Å². The standard InChI is InChI=1S/C20H32.C8H18.2C2H6/c1-5-8-13-18-15-19(7-3)20(16-18)14-11-9-10-12-17(4)6-2;1-4-6-8(3)7-5-2;2*1-2/h10,12,15H,4-9,11,13-14,16H2,1-3H3;8H,4-7H2,1-3H3;2*1-2H3/b12-10+;;;. The van der Waals surface area contributed by atoms with Crippen molar-refractivity contribution < 1.29 is 0 Å². The van der Waals surface area contributed by atoms with Crippen molar-refractivity contribution in [3.8, 4) is 0 Å². The van der Waals surface area contributed by atoms with Crippen LogP contribution < -0.4 is 0 Å². The second-order valence-electron chi connectivity index (χ2n) is 8.55. The highest BCUT2D eigenvalue weighted by Crippen LogP contribution is 2.33. The first-order valence-electron chi connectivity index (χ1n) is 14.3. The van der Waals surface area contributed by atoms with Crippen molar-refractivity contribution >= 4 is 0 Å². The van der Waals surface area contributed by atoms with Gasteiger partial charge in [0.25, 0.3) is 0 Å². The highest BCUT2D eigenvalue weighted by molar-refractivity contribution is 5.39. The molecule has 1 aliphatic carbocycles. The Bertz CT molecular complexity index is 480. The molecule has 0 N–H and O–H groups in total. The fourth-order valence-electron chi connectivity index (χ4n) is 3.88. The normalized spacial score (nSPS) is 12.5. The molecule has 0 unspecified atom stereocenters. The number of hydrogen-bond donors (Lipinski definition) is 0. The van der Waals surface area contributed by atoms with Crippen LogP contribution in [0.25, 0.3) is 0 Å². The first-order valence-corrected chi connectivity index (χ1v) is 14.3. The van der Waals surface area contributed by atoms with Gasteiger partial charge < -0.3 is 0 Å². The molecule has 190 valence electrons. The summed E-state index contributed by atoms with van der Waals surface area (Å²) in [5.41, 5.74) is 6.25. The molecule has 32 heavy (non-hydrogen) atoms. The Morgan fingerprint density at radius 3 is 1.97 bits per heavy atom. The summed E-state index contributed by atoms with van der Waals surface area (Å²) in [5.74, 6) is 0.963. The first kappa shape index (κ1) is 35.5. The monoisotopic (exact) mass is 446 g/mol. The minimum Gasteiger partial charge on any atom is -0.0959 e. The highest BCUT2D eigenvalue weighted by Gasteiger charge is 2.13. The second kappa shape index (κ2) is 28.0. The van der Waals surface area contributed by atoms with Gasteiger partial charge in [0.05, 0.1) is 0 Å². The maximum Gasteiger partial charge on any atom is -0.00994 e. The summed E-state index contributed by atoms with van der Waals surface area (Å²) in [7, 11) is 0. The van der Waals surface area contributed by atoms with Gasteiger partial charge in [-0.05, 0) is 62.9 Å². The number of rotatable bonds is 14. The van der Waals surface area contributed by atoms with E-state index in [-0.39, 0.29) is 0 Å². The molecule has 0 aromatic carbocycles. The van der Waals surface area contributed by atoms with E-state index in [9.17, 15) is 0 Å². The lowest BCUT2D eigenvalue weighted by atomic mass is 10.00. The molecule has 0 aliphatic heterocycles. The van der Waals surface area contributed by atoms with Crippen LogP contribution in [0, 0.1) is 5.92 Å². The van der Waals surface area contributed by atoms with Gasteiger partial charge in [0, 0.05) is 0 Å². The van der Waals surface area contributed by atoms with Crippen LogP contribution in [-0.2, 0) is 0 Å². The summed E-state index contributed by atoms with van der Waals surface area (Å²) in [5, 5.41) is 0. The predicted octanol–water partition coefficient (Wildman–Crippen LogP) is 12.2. The molecule has 0 aromatic rings. The third kappa shape index (κ3) is 20.8. The topological polar surface area (TPSA) is 0 Å². The fraction of sp³-hybridized carbons (Fsp3) is 0.750. The molecule has 0 nitrogen and oxygen atoms in total. The Labute approximate surface area is 205 Å². The van der Waals surface area contributed by atoms with Gasteiger partial charge >= 0.3 is 0 Å². The Morgan fingerprint density at radius 1 is 0.906 bits per heavy atom. The van der Waals surface area contributed by atoms with E-state index in [2.05, 4.69) is 66.3 Å². The SMILES string of the molecule is C=C(/C=C/CCCC1=C(CC)C=C(CCCC)C1)CC.CC.CC.CCCC(C)CCC. The zero-order valence-electron chi connectivity index (χ0n) is 24.2. The van der Waals surface area contributed by atoms with Crippen molar-refractivity contribution in [2.45, 2.75) is 153 Å². The van der Waals surface area contributed by atoms with Crippen molar-refractivity contribution in [3.05, 3.63) is 47.1 Å². The van der Waals surface area contributed by atoms with E-state index in [0.29, 0.717) is 0 Å². The summed E-state index contributed by atoms with van der Waals surface area (Å²) in [4.78, 5) is 0. The van der Waals surface area contributed by atoms with Gasteiger partial charge in [-0.25, -0.2) is 0 Å². The zero-order chi connectivity index (χ0) is 25.2. The molecule has 1 aliphatic rings. The smallest absolute Gasteiger partial charge is 0.00994 e. The van der Waals surface area contributed by atoms with Crippen molar-refractivity contribution in [2.75, 3.05) is 0 Å². The van der Waals surface area contributed by atoms with Crippen molar-refractivity contribution in [3.63, 3.8) is 0 Å². The molecule has 0 heteroatoms. The van der Waals surface area contributed by atoms with Crippen molar-refractivity contribution in [1.82, 2.24) is 0 Å². The molecule has 0 atom stereocenters. The van der Waals surface area contributed by atoms with Crippen LogP contribution in [0.1, 0.15) is 153 Å². The maximum absolute atomic E-state index is 4.01. The van der Waals surface area contributed by atoms with Crippen LogP contribution in [0.15, 0.2) is 47.1 Å². The largest absolute Gasteiger partial charge is 0.0959 e. The molecule has 0 radical (unpaired) electrons. The van der Waals surface area contributed by atoms with Crippen molar-refractivity contribution in [1.29, 1.82) is 0 Å². The summed E-state index contributed by atoms with van der Waals surface area (Å²) >= 11 is 0. The predicted molar refractivity (Wildman–Crippen MR) is 154 cm³/mol. The van der Waals surface area contributed by atoms with Gasteiger partial charge in [-0.1, -0.05) is 143 Å². The molecule has 0 bridgehead atoms. The van der Waals surface area contributed by atoms with Gasteiger partial charge in [-0.15, -0.1) is 0 Å². The number of unbranched alkanes of at least 4 members (excludes halogenated alkanes) is 2. The van der Waals surface area contributed by atoms with E-state index >= 15 is 0 Å². The molecular formula is C32H62. The Hall–Kier alpha value is -1.04.